The fourth-order valence-corrected chi connectivity index (χ4v) is 4.43. The Morgan fingerprint density at radius 2 is 1.71 bits per heavy atom. The van der Waals surface area contributed by atoms with Gasteiger partial charge in [0.15, 0.2) is 0 Å². The quantitative estimate of drug-likeness (QED) is 0.310. The third-order valence-corrected chi connectivity index (χ3v) is 4.79. The van der Waals surface area contributed by atoms with E-state index in [0.717, 1.165) is 11.8 Å². The second-order valence-corrected chi connectivity index (χ2v) is 11.5. The maximum Gasteiger partial charge on any atom is 0.0445 e. The van der Waals surface area contributed by atoms with Crippen LogP contribution in [-0.4, -0.2) is 14.0 Å². The lowest BCUT2D eigenvalue weighted by Gasteiger charge is -2.23. The van der Waals surface area contributed by atoms with Gasteiger partial charge in [0.2, 0.25) is 0 Å². The smallest absolute Gasteiger partial charge is 0.0445 e. The molecule has 0 bridgehead atoms. The molecule has 0 spiro atoms. The predicted molar refractivity (Wildman–Crippen MR) is 71.1 cm³/mol. The van der Waals surface area contributed by atoms with Crippen molar-refractivity contribution in [3.05, 3.63) is 0 Å². The summed E-state index contributed by atoms with van der Waals surface area (Å²) in [7, 11) is -0.836. The molecule has 0 saturated carbocycles. The Balaban J connectivity index is 3.58. The van der Waals surface area contributed by atoms with Gasteiger partial charge >= 0.3 is 0 Å². The molecule has 0 aliphatic rings. The minimum absolute atomic E-state index is 0.836. The van der Waals surface area contributed by atoms with Crippen LogP contribution in [0.25, 0.3) is 0 Å². The predicted octanol–water partition coefficient (Wildman–Crippen LogP) is 5.15. The van der Waals surface area contributed by atoms with E-state index in [-0.39, 0.29) is 0 Å². The van der Waals surface area contributed by atoms with Crippen LogP contribution in [-0.2, 0) is 0 Å². The zero-order chi connectivity index (χ0) is 11.0. The van der Waals surface area contributed by atoms with Crippen LogP contribution in [0.1, 0.15) is 39.0 Å². The number of halogens is 1. The Labute approximate surface area is 96.4 Å². The molecule has 0 aliphatic heterocycles. The van der Waals surface area contributed by atoms with Crippen LogP contribution in [0.3, 0.4) is 0 Å². The number of hydrogen-bond acceptors (Lipinski definition) is 0. The molecule has 86 valence electrons. The highest BCUT2D eigenvalue weighted by atomic mass is 35.5. The van der Waals surface area contributed by atoms with Crippen LogP contribution in [0.5, 0.6) is 0 Å². The van der Waals surface area contributed by atoms with Gasteiger partial charge < -0.3 is 0 Å². The van der Waals surface area contributed by atoms with E-state index in [4.69, 9.17) is 11.6 Å². The topological polar surface area (TPSA) is 0 Å². The average molecular weight is 235 g/mol. The molecule has 0 fully saturated rings. The Morgan fingerprint density at radius 3 is 2.14 bits per heavy atom. The van der Waals surface area contributed by atoms with Gasteiger partial charge in [0.1, 0.15) is 0 Å². The summed E-state index contributed by atoms with van der Waals surface area (Å²) in [6.45, 7) is 9.78. The number of rotatable bonds is 8. The highest BCUT2D eigenvalue weighted by Gasteiger charge is 2.18. The van der Waals surface area contributed by atoms with Crippen LogP contribution in [0, 0.1) is 5.92 Å². The van der Waals surface area contributed by atoms with E-state index in [2.05, 4.69) is 26.6 Å². The number of alkyl halides is 1. The molecule has 0 aromatic carbocycles. The van der Waals surface area contributed by atoms with E-state index in [1.807, 2.05) is 0 Å². The first-order valence-corrected chi connectivity index (χ1v) is 10.3. The van der Waals surface area contributed by atoms with Crippen molar-refractivity contribution in [2.45, 2.75) is 64.7 Å². The Kier molecular flexibility index (Phi) is 8.03. The molecule has 0 heterocycles. The zero-order valence-electron chi connectivity index (χ0n) is 10.4. The van der Waals surface area contributed by atoms with Crippen molar-refractivity contribution < 1.29 is 0 Å². The van der Waals surface area contributed by atoms with Crippen molar-refractivity contribution in [1.29, 1.82) is 0 Å². The summed E-state index contributed by atoms with van der Waals surface area (Å²) >= 11 is 5.66. The number of hydrogen-bond donors (Lipinski definition) is 0. The van der Waals surface area contributed by atoms with Gasteiger partial charge in [-0.25, -0.2) is 0 Å². The summed E-state index contributed by atoms with van der Waals surface area (Å²) < 4.78 is 0. The largest absolute Gasteiger partial charge is 0.127 e. The molecular weight excluding hydrogens is 208 g/mol. The van der Waals surface area contributed by atoms with Crippen molar-refractivity contribution >= 4 is 19.7 Å². The van der Waals surface area contributed by atoms with Crippen molar-refractivity contribution in [2.24, 2.45) is 5.92 Å². The van der Waals surface area contributed by atoms with Crippen molar-refractivity contribution in [3.63, 3.8) is 0 Å². The van der Waals surface area contributed by atoms with Gasteiger partial charge in [-0.05, 0) is 12.3 Å². The van der Waals surface area contributed by atoms with Crippen LogP contribution >= 0.6 is 11.6 Å². The Hall–Kier alpha value is 0.507. The van der Waals surface area contributed by atoms with Crippen LogP contribution < -0.4 is 0 Å². The van der Waals surface area contributed by atoms with Gasteiger partial charge in [-0.3, -0.25) is 0 Å². The highest BCUT2D eigenvalue weighted by Crippen LogP contribution is 2.24. The summed E-state index contributed by atoms with van der Waals surface area (Å²) in [4.78, 5) is 0. The molecule has 0 saturated heterocycles. The first-order chi connectivity index (χ1) is 6.49. The van der Waals surface area contributed by atoms with E-state index in [9.17, 15) is 0 Å². The minimum Gasteiger partial charge on any atom is -0.127 e. The summed E-state index contributed by atoms with van der Waals surface area (Å²) in [5.41, 5.74) is 0. The summed E-state index contributed by atoms with van der Waals surface area (Å²) in [5.74, 6) is 1.82. The molecule has 0 aromatic heterocycles. The number of unbranched alkanes of at least 4 members (excludes halogenated alkanes) is 2. The second-order valence-electron chi connectivity index (χ2n) is 5.58. The molecule has 0 rings (SSSR count). The molecule has 1 atom stereocenters. The first-order valence-electron chi connectivity index (χ1n) is 6.05. The molecular formula is C12H27ClSi. The second kappa shape index (κ2) is 7.75. The minimum atomic E-state index is -0.836. The fourth-order valence-electron chi connectivity index (χ4n) is 2.02. The van der Waals surface area contributed by atoms with Gasteiger partial charge in [-0.2, -0.15) is 0 Å². The van der Waals surface area contributed by atoms with Gasteiger partial charge in [0.05, 0.1) is 0 Å². The van der Waals surface area contributed by atoms with Gasteiger partial charge in [-0.1, -0.05) is 58.3 Å². The SMILES string of the molecule is CCC(CCCCCCl)C[Si](C)(C)C. The third kappa shape index (κ3) is 9.08. The van der Waals surface area contributed by atoms with Gasteiger partial charge in [0.25, 0.3) is 0 Å². The molecule has 0 amide bonds. The third-order valence-electron chi connectivity index (χ3n) is 2.72. The Morgan fingerprint density at radius 1 is 1.07 bits per heavy atom. The molecule has 14 heavy (non-hydrogen) atoms. The standard InChI is InChI=1S/C12H27ClSi/c1-5-12(11-14(2,3)4)9-7-6-8-10-13/h12H,5-11H2,1-4H3. The first kappa shape index (κ1) is 14.5. The van der Waals surface area contributed by atoms with Crippen molar-refractivity contribution in [1.82, 2.24) is 0 Å². The van der Waals surface area contributed by atoms with E-state index >= 15 is 0 Å². The van der Waals surface area contributed by atoms with Crippen LogP contribution in [0.15, 0.2) is 0 Å². The van der Waals surface area contributed by atoms with E-state index < -0.39 is 8.07 Å². The molecule has 0 nitrogen and oxygen atoms in total. The fraction of sp³-hybridized carbons (Fsp3) is 1.00. The molecule has 0 aliphatic carbocycles. The zero-order valence-corrected chi connectivity index (χ0v) is 12.2. The van der Waals surface area contributed by atoms with Gasteiger partial charge in [-0.15, -0.1) is 11.6 Å². The lowest BCUT2D eigenvalue weighted by Crippen LogP contribution is -2.23. The molecule has 1 unspecified atom stereocenters. The summed E-state index contributed by atoms with van der Waals surface area (Å²) in [5, 5.41) is 0. The lowest BCUT2D eigenvalue weighted by molar-refractivity contribution is 0.478. The Bertz CT molecular complexity index is 129. The molecule has 0 radical (unpaired) electrons. The van der Waals surface area contributed by atoms with Crippen LogP contribution in [0.2, 0.25) is 25.7 Å². The van der Waals surface area contributed by atoms with Crippen molar-refractivity contribution in [2.75, 3.05) is 5.88 Å². The molecule has 0 N–H and O–H groups in total. The van der Waals surface area contributed by atoms with E-state index in [1.54, 1.807) is 0 Å². The molecule has 2 heteroatoms. The summed E-state index contributed by atoms with van der Waals surface area (Å²) in [6.07, 6.45) is 6.70. The maximum absolute atomic E-state index is 5.66. The van der Waals surface area contributed by atoms with Crippen molar-refractivity contribution in [3.8, 4) is 0 Å². The highest BCUT2D eigenvalue weighted by molar-refractivity contribution is 6.76. The lowest BCUT2D eigenvalue weighted by atomic mass is 10.0. The van der Waals surface area contributed by atoms with Crippen LogP contribution in [0.4, 0.5) is 0 Å². The normalized spacial score (nSPS) is 14.4. The van der Waals surface area contributed by atoms with E-state index in [1.165, 1.54) is 38.1 Å². The maximum atomic E-state index is 5.66. The summed E-state index contributed by atoms with van der Waals surface area (Å²) in [6, 6.07) is 1.50. The monoisotopic (exact) mass is 234 g/mol. The molecule has 0 aromatic rings. The van der Waals surface area contributed by atoms with Gasteiger partial charge in [0, 0.05) is 14.0 Å². The average Bonchev–Trinajstić information content (AvgIpc) is 2.08. The van der Waals surface area contributed by atoms with E-state index in [0.29, 0.717) is 0 Å².